The first-order valence-electron chi connectivity index (χ1n) is 9.41. The maximum atomic E-state index is 13.0. The van der Waals surface area contributed by atoms with Crippen LogP contribution < -0.4 is 20.1 Å². The molecule has 0 bridgehead atoms. The van der Waals surface area contributed by atoms with E-state index in [0.29, 0.717) is 43.2 Å². The number of anilines is 1. The molecule has 2 aliphatic rings. The van der Waals surface area contributed by atoms with Gasteiger partial charge >= 0.3 is 6.09 Å². The smallest absolute Gasteiger partial charge is 0.410 e. The van der Waals surface area contributed by atoms with E-state index in [1.54, 1.807) is 26.0 Å². The maximum Gasteiger partial charge on any atom is 0.410 e. The van der Waals surface area contributed by atoms with Gasteiger partial charge in [0.05, 0.1) is 32.9 Å². The van der Waals surface area contributed by atoms with Crippen LogP contribution in [0.1, 0.15) is 39.5 Å². The topological polar surface area (TPSA) is 89.1 Å². The first kappa shape index (κ1) is 19.4. The highest BCUT2D eigenvalue weighted by Crippen LogP contribution is 2.43. The number of hydrogen-bond acceptors (Lipinski definition) is 7. The molecule has 1 aromatic heterocycles. The summed E-state index contributed by atoms with van der Waals surface area (Å²) in [5, 5.41) is 7.24. The van der Waals surface area contributed by atoms with Crippen LogP contribution in [0.2, 0.25) is 0 Å². The Kier molecular flexibility index (Phi) is 5.23. The number of carbonyl (C=O) groups excluding carboxylic acids is 2. The van der Waals surface area contributed by atoms with Crippen molar-refractivity contribution in [2.75, 3.05) is 32.7 Å². The van der Waals surface area contributed by atoms with Crippen molar-refractivity contribution in [3.63, 3.8) is 0 Å². The molecule has 2 amide bonds. The first-order valence-corrected chi connectivity index (χ1v) is 10.2. The molecule has 0 fully saturated rings. The summed E-state index contributed by atoms with van der Waals surface area (Å²) < 4.78 is 16.0. The molecule has 1 aromatic carbocycles. The normalized spacial score (nSPS) is 17.6. The lowest BCUT2D eigenvalue weighted by Crippen LogP contribution is -2.39. The first-order chi connectivity index (χ1) is 14.1. The molecule has 1 atom stereocenters. The van der Waals surface area contributed by atoms with Gasteiger partial charge in [0.25, 0.3) is 5.91 Å². The number of carbonyl (C=O) groups is 2. The third-order valence-corrected chi connectivity index (χ3v) is 6.25. The number of hydrogen-bond donors (Lipinski definition) is 2. The monoisotopic (exact) mass is 417 g/mol. The van der Waals surface area contributed by atoms with E-state index in [1.807, 2.05) is 18.2 Å². The van der Waals surface area contributed by atoms with Gasteiger partial charge in [-0.3, -0.25) is 4.79 Å². The molecule has 2 aromatic rings. The fraction of sp³-hybridized carbons (Fsp3) is 0.400. The average Bonchev–Trinajstić information content (AvgIpc) is 3.11. The van der Waals surface area contributed by atoms with Crippen molar-refractivity contribution in [2.24, 2.45) is 0 Å². The number of rotatable bonds is 4. The Hall–Kier alpha value is -2.94. The second kappa shape index (κ2) is 7.82. The molecule has 0 radical (unpaired) electrons. The van der Waals surface area contributed by atoms with E-state index in [4.69, 9.17) is 14.2 Å². The Morgan fingerprint density at radius 3 is 2.83 bits per heavy atom. The highest BCUT2D eigenvalue weighted by Gasteiger charge is 2.35. The highest BCUT2D eigenvalue weighted by atomic mass is 32.1. The van der Waals surface area contributed by atoms with Crippen molar-refractivity contribution in [3.8, 4) is 11.5 Å². The van der Waals surface area contributed by atoms with Gasteiger partial charge in [-0.05, 0) is 25.0 Å². The molecule has 8 nitrogen and oxygen atoms in total. The van der Waals surface area contributed by atoms with Gasteiger partial charge in [-0.1, -0.05) is 12.1 Å². The van der Waals surface area contributed by atoms with Crippen molar-refractivity contribution in [2.45, 2.75) is 26.1 Å². The van der Waals surface area contributed by atoms with Crippen LogP contribution in [0.5, 0.6) is 11.5 Å². The number of nitrogens with one attached hydrogen (secondary N) is 2. The van der Waals surface area contributed by atoms with Gasteiger partial charge in [0, 0.05) is 17.0 Å². The standard InChI is InChI=1S/C20H23N3O5S/c1-4-28-20(25)23-9-8-11-14(10-23)29-19-15(11)18(24)21-17(22-19)12-6-5-7-13(26-2)16(12)27-3/h5-7,17,22H,4,8-10H2,1-3H3,(H,21,24)/t17-/m0/s1. The number of benzene rings is 1. The van der Waals surface area contributed by atoms with Gasteiger partial charge in [-0.25, -0.2) is 4.79 Å². The second-order valence-corrected chi connectivity index (χ2v) is 7.82. The minimum Gasteiger partial charge on any atom is -0.493 e. The van der Waals surface area contributed by atoms with Gasteiger partial charge < -0.3 is 29.7 Å². The zero-order chi connectivity index (χ0) is 20.5. The number of methoxy groups -OCH3 is 2. The Balaban J connectivity index is 1.64. The second-order valence-electron chi connectivity index (χ2n) is 6.71. The fourth-order valence-corrected chi connectivity index (χ4v) is 5.07. The summed E-state index contributed by atoms with van der Waals surface area (Å²) in [7, 11) is 3.15. The number of para-hydroxylation sites is 1. The van der Waals surface area contributed by atoms with Crippen LogP contribution in [0.25, 0.3) is 0 Å². The number of fused-ring (bicyclic) bond motifs is 3. The zero-order valence-electron chi connectivity index (χ0n) is 16.5. The van der Waals surface area contributed by atoms with Crippen LogP contribution in [0.15, 0.2) is 18.2 Å². The molecule has 29 heavy (non-hydrogen) atoms. The molecular weight excluding hydrogens is 394 g/mol. The van der Waals surface area contributed by atoms with E-state index >= 15 is 0 Å². The van der Waals surface area contributed by atoms with Crippen molar-refractivity contribution in [1.82, 2.24) is 10.2 Å². The van der Waals surface area contributed by atoms with Crippen LogP contribution in [-0.2, 0) is 17.7 Å². The van der Waals surface area contributed by atoms with Crippen molar-refractivity contribution >= 4 is 28.3 Å². The molecule has 3 heterocycles. The molecule has 0 unspecified atom stereocenters. The lowest BCUT2D eigenvalue weighted by molar-refractivity contribution is 0.0933. The van der Waals surface area contributed by atoms with E-state index in [1.165, 1.54) is 11.3 Å². The summed E-state index contributed by atoms with van der Waals surface area (Å²) in [4.78, 5) is 27.7. The summed E-state index contributed by atoms with van der Waals surface area (Å²) in [6.07, 6.45) is -0.135. The largest absolute Gasteiger partial charge is 0.493 e. The summed E-state index contributed by atoms with van der Waals surface area (Å²) >= 11 is 1.51. The van der Waals surface area contributed by atoms with Crippen LogP contribution in [0.4, 0.5) is 9.80 Å². The van der Waals surface area contributed by atoms with E-state index < -0.39 is 6.17 Å². The predicted molar refractivity (Wildman–Crippen MR) is 109 cm³/mol. The summed E-state index contributed by atoms with van der Waals surface area (Å²) in [5.41, 5.74) is 2.46. The van der Waals surface area contributed by atoms with Crippen molar-refractivity contribution in [3.05, 3.63) is 39.8 Å². The molecule has 0 aliphatic carbocycles. The zero-order valence-corrected chi connectivity index (χ0v) is 17.4. The minimum atomic E-state index is -0.443. The van der Waals surface area contributed by atoms with Crippen LogP contribution in [-0.4, -0.2) is 44.3 Å². The van der Waals surface area contributed by atoms with Gasteiger partial charge in [0.15, 0.2) is 11.5 Å². The minimum absolute atomic E-state index is 0.129. The van der Waals surface area contributed by atoms with Crippen molar-refractivity contribution < 1.29 is 23.8 Å². The summed E-state index contributed by atoms with van der Waals surface area (Å²) in [6.45, 7) is 3.12. The Bertz CT molecular complexity index is 958. The molecule has 0 spiro atoms. The number of nitrogens with zero attached hydrogens (tertiary/aromatic N) is 1. The van der Waals surface area contributed by atoms with Gasteiger partial charge in [-0.2, -0.15) is 0 Å². The maximum absolute atomic E-state index is 13.0. The van der Waals surface area contributed by atoms with E-state index in [9.17, 15) is 9.59 Å². The Morgan fingerprint density at radius 1 is 1.28 bits per heavy atom. The third-order valence-electron chi connectivity index (χ3n) is 5.11. The SMILES string of the molecule is CCOC(=O)N1CCc2c(sc3c2C(=O)N[C@H](c2cccc(OC)c2OC)N3)C1. The van der Waals surface area contributed by atoms with E-state index in [2.05, 4.69) is 10.6 Å². The third kappa shape index (κ3) is 3.35. The average molecular weight is 417 g/mol. The summed E-state index contributed by atoms with van der Waals surface area (Å²) in [5.74, 6) is 1.05. The molecule has 4 rings (SSSR count). The molecule has 154 valence electrons. The van der Waals surface area contributed by atoms with Crippen molar-refractivity contribution in [1.29, 1.82) is 0 Å². The lowest BCUT2D eigenvalue weighted by Gasteiger charge is -2.29. The van der Waals surface area contributed by atoms with Crippen LogP contribution in [0.3, 0.4) is 0 Å². The molecule has 2 aliphatic heterocycles. The molecule has 2 N–H and O–H groups in total. The lowest BCUT2D eigenvalue weighted by atomic mass is 10.00. The quantitative estimate of drug-likeness (QED) is 0.795. The Morgan fingerprint density at radius 2 is 2.10 bits per heavy atom. The molecular formula is C20H23N3O5S. The van der Waals surface area contributed by atoms with Crippen LogP contribution >= 0.6 is 11.3 Å². The predicted octanol–water partition coefficient (Wildman–Crippen LogP) is 3.13. The van der Waals surface area contributed by atoms with Gasteiger partial charge in [-0.15, -0.1) is 11.3 Å². The number of thiophene rings is 1. The van der Waals surface area contributed by atoms with E-state index in [-0.39, 0.29) is 12.0 Å². The number of ether oxygens (including phenoxy) is 3. The van der Waals surface area contributed by atoms with Gasteiger partial charge in [0.2, 0.25) is 0 Å². The fourth-order valence-electron chi connectivity index (χ4n) is 3.78. The highest BCUT2D eigenvalue weighted by molar-refractivity contribution is 7.16. The molecule has 9 heteroatoms. The van der Waals surface area contributed by atoms with E-state index in [0.717, 1.165) is 21.0 Å². The molecule has 0 saturated heterocycles. The molecule has 0 saturated carbocycles. The summed E-state index contributed by atoms with van der Waals surface area (Å²) in [6, 6.07) is 5.56. The van der Waals surface area contributed by atoms with Crippen LogP contribution in [0, 0.1) is 0 Å². The number of amides is 2. The van der Waals surface area contributed by atoms with Gasteiger partial charge in [0.1, 0.15) is 11.2 Å². The Labute approximate surface area is 172 Å².